The largest absolute Gasteiger partial charge is 0.462 e. The molecule has 3 nitrogen and oxygen atoms in total. The molecule has 0 saturated heterocycles. The molecule has 0 fully saturated rings. The molecular formula is C8H12ClNO2S. The Labute approximate surface area is 87.3 Å². The quantitative estimate of drug-likeness (QED) is 0.780. The van der Waals surface area contributed by atoms with Crippen LogP contribution < -0.4 is 5.73 Å². The van der Waals surface area contributed by atoms with Crippen molar-refractivity contribution in [2.24, 2.45) is 0 Å². The Morgan fingerprint density at radius 3 is 2.69 bits per heavy atom. The molecule has 2 N–H and O–H groups in total. The number of carbonyl (C=O) groups is 1. The number of halogens is 1. The van der Waals surface area contributed by atoms with Crippen LogP contribution in [-0.2, 0) is 4.74 Å². The third-order valence-electron chi connectivity index (χ3n) is 1.38. The number of nitrogen functional groups attached to an aromatic ring is 1. The van der Waals surface area contributed by atoms with Gasteiger partial charge in [0.05, 0.1) is 12.2 Å². The van der Waals surface area contributed by atoms with E-state index < -0.39 is 0 Å². The van der Waals surface area contributed by atoms with E-state index in [0.717, 1.165) is 4.88 Å². The van der Waals surface area contributed by atoms with Gasteiger partial charge < -0.3 is 10.5 Å². The Bertz CT molecular complexity index is 298. The first-order valence-corrected chi connectivity index (χ1v) is 4.49. The number of nitrogens with two attached hydrogens (primary N) is 1. The Balaban J connectivity index is 0.00000144. The van der Waals surface area contributed by atoms with Crippen LogP contribution in [0, 0.1) is 6.92 Å². The first-order chi connectivity index (χ1) is 5.65. The van der Waals surface area contributed by atoms with Gasteiger partial charge >= 0.3 is 5.97 Å². The third kappa shape index (κ3) is 2.90. The number of ether oxygens (including phenoxy) is 1. The van der Waals surface area contributed by atoms with E-state index in [9.17, 15) is 4.79 Å². The molecule has 0 unspecified atom stereocenters. The molecule has 0 spiro atoms. The summed E-state index contributed by atoms with van der Waals surface area (Å²) in [4.78, 5) is 12.2. The van der Waals surface area contributed by atoms with Crippen molar-refractivity contribution in [1.29, 1.82) is 0 Å². The summed E-state index contributed by atoms with van der Waals surface area (Å²) < 4.78 is 4.81. The fourth-order valence-corrected chi connectivity index (χ4v) is 1.68. The summed E-state index contributed by atoms with van der Waals surface area (Å²) in [7, 11) is 0. The van der Waals surface area contributed by atoms with Gasteiger partial charge in [-0.2, -0.15) is 0 Å². The number of hydrogen-bond donors (Lipinski definition) is 1. The number of thiophene rings is 1. The van der Waals surface area contributed by atoms with Crippen LogP contribution in [0.2, 0.25) is 0 Å². The molecule has 5 heteroatoms. The van der Waals surface area contributed by atoms with Crippen LogP contribution in [0.15, 0.2) is 6.07 Å². The highest BCUT2D eigenvalue weighted by molar-refractivity contribution is 7.16. The van der Waals surface area contributed by atoms with Crippen molar-refractivity contribution in [2.75, 3.05) is 12.3 Å². The number of carbonyl (C=O) groups excluding carboxylic acids is 1. The molecule has 0 amide bonds. The van der Waals surface area contributed by atoms with Crippen molar-refractivity contribution in [3.05, 3.63) is 16.5 Å². The summed E-state index contributed by atoms with van der Waals surface area (Å²) in [6.07, 6.45) is 0. The molecule has 0 saturated carbocycles. The fraction of sp³-hybridized carbons (Fsp3) is 0.375. The Kier molecular flexibility index (Phi) is 4.80. The van der Waals surface area contributed by atoms with Gasteiger partial charge in [-0.25, -0.2) is 4.79 Å². The topological polar surface area (TPSA) is 52.3 Å². The van der Waals surface area contributed by atoms with Crippen molar-refractivity contribution in [3.63, 3.8) is 0 Å². The van der Waals surface area contributed by atoms with E-state index >= 15 is 0 Å². The van der Waals surface area contributed by atoms with Crippen molar-refractivity contribution in [1.82, 2.24) is 0 Å². The molecule has 0 atom stereocenters. The highest BCUT2D eigenvalue weighted by atomic mass is 35.5. The zero-order valence-corrected chi connectivity index (χ0v) is 9.13. The Morgan fingerprint density at radius 1 is 1.69 bits per heavy atom. The molecule has 13 heavy (non-hydrogen) atoms. The Morgan fingerprint density at radius 2 is 2.31 bits per heavy atom. The summed E-state index contributed by atoms with van der Waals surface area (Å²) in [5.41, 5.74) is 6.08. The second-order valence-corrected chi connectivity index (χ2v) is 3.64. The minimum Gasteiger partial charge on any atom is -0.462 e. The monoisotopic (exact) mass is 221 g/mol. The standard InChI is InChI=1S/C8H11NO2S.ClH/c1-3-11-8(10)6-4-5(2)12-7(6)9;/h4H,3,9H2,1-2H3;1H. The van der Waals surface area contributed by atoms with E-state index in [1.807, 2.05) is 6.92 Å². The SMILES string of the molecule is CCOC(=O)c1cc(C)sc1N.Cl. The maximum atomic E-state index is 11.2. The van der Waals surface area contributed by atoms with Crippen molar-refractivity contribution in [3.8, 4) is 0 Å². The molecule has 74 valence electrons. The third-order valence-corrected chi connectivity index (χ3v) is 2.26. The summed E-state index contributed by atoms with van der Waals surface area (Å²) in [5.74, 6) is -0.334. The van der Waals surface area contributed by atoms with Gasteiger partial charge in [-0.15, -0.1) is 23.7 Å². The van der Waals surface area contributed by atoms with Gasteiger partial charge in [-0.1, -0.05) is 0 Å². The van der Waals surface area contributed by atoms with Gasteiger partial charge in [0.15, 0.2) is 0 Å². The lowest BCUT2D eigenvalue weighted by Crippen LogP contribution is -2.05. The average molecular weight is 222 g/mol. The molecule has 0 bridgehead atoms. The minimum atomic E-state index is -0.334. The predicted octanol–water partition coefficient (Wildman–Crippen LogP) is 2.24. The van der Waals surface area contributed by atoms with Gasteiger partial charge in [0.25, 0.3) is 0 Å². The van der Waals surface area contributed by atoms with E-state index in [4.69, 9.17) is 10.5 Å². The summed E-state index contributed by atoms with van der Waals surface area (Å²) in [6.45, 7) is 4.06. The van der Waals surface area contributed by atoms with Gasteiger partial charge in [-0.3, -0.25) is 0 Å². The summed E-state index contributed by atoms with van der Waals surface area (Å²) in [6, 6.07) is 1.75. The zero-order valence-electron chi connectivity index (χ0n) is 7.49. The van der Waals surface area contributed by atoms with Crippen molar-refractivity contribution in [2.45, 2.75) is 13.8 Å². The molecule has 0 aliphatic heterocycles. The van der Waals surface area contributed by atoms with Crippen molar-refractivity contribution >= 4 is 34.7 Å². The number of rotatable bonds is 2. The molecule has 1 aromatic rings. The average Bonchev–Trinajstić information content (AvgIpc) is 2.30. The number of esters is 1. The Hall–Kier alpha value is -0.740. The van der Waals surface area contributed by atoms with E-state index in [0.29, 0.717) is 17.2 Å². The number of anilines is 1. The van der Waals surface area contributed by atoms with Gasteiger partial charge in [0.2, 0.25) is 0 Å². The van der Waals surface area contributed by atoms with Crippen LogP contribution in [0.5, 0.6) is 0 Å². The van der Waals surface area contributed by atoms with Crippen LogP contribution in [0.4, 0.5) is 5.00 Å². The molecule has 1 heterocycles. The molecule has 0 aliphatic rings. The number of hydrogen-bond acceptors (Lipinski definition) is 4. The molecule has 1 rings (SSSR count). The van der Waals surface area contributed by atoms with E-state index in [-0.39, 0.29) is 18.4 Å². The first-order valence-electron chi connectivity index (χ1n) is 3.68. The second-order valence-electron chi connectivity index (χ2n) is 2.36. The normalized spacial score (nSPS) is 9.08. The predicted molar refractivity (Wildman–Crippen MR) is 56.7 cm³/mol. The molecular weight excluding hydrogens is 210 g/mol. The second kappa shape index (κ2) is 5.09. The van der Waals surface area contributed by atoms with Gasteiger partial charge in [-0.05, 0) is 19.9 Å². The van der Waals surface area contributed by atoms with Crippen LogP contribution in [0.1, 0.15) is 22.2 Å². The summed E-state index contributed by atoms with van der Waals surface area (Å²) in [5, 5.41) is 0.533. The lowest BCUT2D eigenvalue weighted by atomic mass is 10.3. The number of aryl methyl sites for hydroxylation is 1. The first kappa shape index (κ1) is 12.3. The lowest BCUT2D eigenvalue weighted by Gasteiger charge is -1.98. The van der Waals surface area contributed by atoms with Gasteiger partial charge in [0.1, 0.15) is 5.00 Å². The minimum absolute atomic E-state index is 0. The molecule has 0 radical (unpaired) electrons. The van der Waals surface area contributed by atoms with E-state index in [1.54, 1.807) is 13.0 Å². The molecule has 0 aliphatic carbocycles. The lowest BCUT2D eigenvalue weighted by molar-refractivity contribution is 0.0528. The maximum Gasteiger partial charge on any atom is 0.341 e. The molecule has 0 aromatic carbocycles. The highest BCUT2D eigenvalue weighted by Crippen LogP contribution is 2.24. The maximum absolute atomic E-state index is 11.2. The summed E-state index contributed by atoms with van der Waals surface area (Å²) >= 11 is 1.40. The highest BCUT2D eigenvalue weighted by Gasteiger charge is 2.12. The van der Waals surface area contributed by atoms with Crippen LogP contribution >= 0.6 is 23.7 Å². The van der Waals surface area contributed by atoms with Crippen LogP contribution in [0.3, 0.4) is 0 Å². The van der Waals surface area contributed by atoms with Crippen LogP contribution in [0.25, 0.3) is 0 Å². The van der Waals surface area contributed by atoms with E-state index in [2.05, 4.69) is 0 Å². The van der Waals surface area contributed by atoms with Crippen molar-refractivity contribution < 1.29 is 9.53 Å². The smallest absolute Gasteiger partial charge is 0.341 e. The van der Waals surface area contributed by atoms with E-state index in [1.165, 1.54) is 11.3 Å². The fourth-order valence-electron chi connectivity index (χ4n) is 0.901. The van der Waals surface area contributed by atoms with Crippen LogP contribution in [-0.4, -0.2) is 12.6 Å². The van der Waals surface area contributed by atoms with Gasteiger partial charge in [0, 0.05) is 4.88 Å². The zero-order chi connectivity index (χ0) is 9.14. The molecule has 1 aromatic heterocycles.